The molecule has 3 rings (SSSR count). The van der Waals surface area contributed by atoms with Gasteiger partial charge in [0.05, 0.1) is 18.0 Å². The van der Waals surface area contributed by atoms with Gasteiger partial charge in [0.1, 0.15) is 0 Å². The van der Waals surface area contributed by atoms with E-state index in [4.69, 9.17) is 4.74 Å². The number of amides is 1. The molecule has 1 amide bonds. The molecule has 2 heterocycles. The van der Waals surface area contributed by atoms with Crippen LogP contribution >= 0.6 is 0 Å². The van der Waals surface area contributed by atoms with Crippen LogP contribution in [0, 0.1) is 19.8 Å². The number of anilines is 1. The topological polar surface area (TPSA) is 91.0 Å². The van der Waals surface area contributed by atoms with Crippen molar-refractivity contribution in [3.63, 3.8) is 0 Å². The van der Waals surface area contributed by atoms with Crippen LogP contribution in [0.15, 0.2) is 36.5 Å². The maximum atomic E-state index is 12.5. The van der Waals surface area contributed by atoms with E-state index in [2.05, 4.69) is 36.3 Å². The van der Waals surface area contributed by atoms with Crippen molar-refractivity contribution in [2.75, 3.05) is 11.9 Å². The number of carbonyl (C=O) groups excluding carboxylic acids is 2. The van der Waals surface area contributed by atoms with E-state index >= 15 is 0 Å². The summed E-state index contributed by atoms with van der Waals surface area (Å²) in [5, 5.41) is 11.8. The fraction of sp³-hybridized carbons (Fsp3) is 0.417. The maximum absolute atomic E-state index is 12.5. The summed E-state index contributed by atoms with van der Waals surface area (Å²) >= 11 is 0. The second-order valence-electron chi connectivity index (χ2n) is 8.19. The van der Waals surface area contributed by atoms with Crippen LogP contribution in [0.2, 0.25) is 0 Å². The van der Waals surface area contributed by atoms with Crippen molar-refractivity contribution < 1.29 is 14.3 Å². The van der Waals surface area contributed by atoms with Gasteiger partial charge >= 0.3 is 5.97 Å². The Morgan fingerprint density at radius 3 is 2.47 bits per heavy atom. The molecule has 3 aromatic rings. The van der Waals surface area contributed by atoms with E-state index in [0.29, 0.717) is 31.1 Å². The number of hydrogen-bond acceptors (Lipinski definition) is 5. The molecule has 0 aliphatic carbocycles. The van der Waals surface area contributed by atoms with Gasteiger partial charge in [-0.15, -0.1) is 0 Å². The minimum atomic E-state index is -0.449. The zero-order chi connectivity index (χ0) is 23.3. The normalized spacial score (nSPS) is 11.1. The van der Waals surface area contributed by atoms with E-state index in [1.807, 2.05) is 35.9 Å². The molecule has 2 aromatic heterocycles. The summed E-state index contributed by atoms with van der Waals surface area (Å²) in [4.78, 5) is 24.2. The van der Waals surface area contributed by atoms with Gasteiger partial charge in [-0.2, -0.15) is 10.2 Å². The summed E-state index contributed by atoms with van der Waals surface area (Å²) in [5.74, 6) is 0.0258. The Balaban J connectivity index is 1.58. The first-order chi connectivity index (χ1) is 15.3. The Labute approximate surface area is 188 Å². The SMILES string of the molecule is CCOC(=O)c1ccn(-c2ccc(NC(=O)CCc3c(C)nn(CC(C)C)c3C)cc2)n1. The Morgan fingerprint density at radius 1 is 1.09 bits per heavy atom. The van der Waals surface area contributed by atoms with Crippen molar-refractivity contribution in [3.05, 3.63) is 59.2 Å². The van der Waals surface area contributed by atoms with Crippen LogP contribution in [-0.4, -0.2) is 38.0 Å². The minimum absolute atomic E-state index is 0.0446. The molecule has 1 aromatic carbocycles. The Morgan fingerprint density at radius 2 is 1.81 bits per heavy atom. The van der Waals surface area contributed by atoms with E-state index in [9.17, 15) is 9.59 Å². The third-order valence-corrected chi connectivity index (χ3v) is 5.16. The van der Waals surface area contributed by atoms with Gasteiger partial charge in [-0.1, -0.05) is 13.8 Å². The van der Waals surface area contributed by atoms with Crippen molar-refractivity contribution in [3.8, 4) is 5.69 Å². The molecule has 8 nitrogen and oxygen atoms in total. The van der Waals surface area contributed by atoms with Gasteiger partial charge in [0.2, 0.25) is 5.91 Å². The lowest BCUT2D eigenvalue weighted by molar-refractivity contribution is -0.116. The first kappa shape index (κ1) is 23.2. The molecular weight excluding hydrogens is 406 g/mol. The van der Waals surface area contributed by atoms with Gasteiger partial charge in [-0.3, -0.25) is 9.48 Å². The predicted octanol–water partition coefficient (Wildman–Crippen LogP) is 4.09. The van der Waals surface area contributed by atoms with Crippen molar-refractivity contribution in [1.82, 2.24) is 19.6 Å². The maximum Gasteiger partial charge on any atom is 0.358 e. The van der Waals surface area contributed by atoms with E-state index in [1.165, 1.54) is 0 Å². The Hall–Kier alpha value is -3.42. The summed E-state index contributed by atoms with van der Waals surface area (Å²) in [6.07, 6.45) is 2.74. The molecule has 8 heteroatoms. The van der Waals surface area contributed by atoms with Crippen LogP contribution < -0.4 is 5.32 Å². The van der Waals surface area contributed by atoms with Gasteiger partial charge in [0, 0.05) is 30.5 Å². The number of nitrogens with zero attached hydrogens (tertiary/aromatic N) is 4. The molecule has 0 radical (unpaired) electrons. The molecule has 0 unspecified atom stereocenters. The standard InChI is InChI=1S/C24H31N5O3/c1-6-32-24(31)22-13-14-28(27-22)20-9-7-19(8-10-20)25-23(30)12-11-21-17(4)26-29(18(21)5)15-16(2)3/h7-10,13-14,16H,6,11-12,15H2,1-5H3,(H,25,30). The lowest BCUT2D eigenvalue weighted by atomic mass is 10.1. The number of ether oxygens (including phenoxy) is 1. The summed E-state index contributed by atoms with van der Waals surface area (Å²) in [6.45, 7) is 11.3. The summed E-state index contributed by atoms with van der Waals surface area (Å²) in [5.41, 5.74) is 5.01. The number of carbonyl (C=O) groups is 2. The first-order valence-corrected chi connectivity index (χ1v) is 10.9. The van der Waals surface area contributed by atoms with Crippen molar-refractivity contribution in [1.29, 1.82) is 0 Å². The number of aromatic nitrogens is 4. The van der Waals surface area contributed by atoms with Crippen LogP contribution in [0.1, 0.15) is 54.6 Å². The van der Waals surface area contributed by atoms with Crippen molar-refractivity contribution in [2.45, 2.75) is 54.0 Å². The quantitative estimate of drug-likeness (QED) is 0.509. The molecular formula is C24H31N5O3. The Kier molecular flexibility index (Phi) is 7.45. The number of nitrogens with one attached hydrogen (secondary N) is 1. The number of aryl methyl sites for hydroxylation is 1. The third kappa shape index (κ3) is 5.63. The lowest BCUT2D eigenvalue weighted by Gasteiger charge is -2.09. The highest BCUT2D eigenvalue weighted by molar-refractivity contribution is 5.91. The van der Waals surface area contributed by atoms with Crippen LogP contribution in [0.3, 0.4) is 0 Å². The minimum Gasteiger partial charge on any atom is -0.461 e. The fourth-order valence-corrected chi connectivity index (χ4v) is 3.56. The highest BCUT2D eigenvalue weighted by Crippen LogP contribution is 2.18. The predicted molar refractivity (Wildman–Crippen MR) is 123 cm³/mol. The van der Waals surface area contributed by atoms with E-state index < -0.39 is 5.97 Å². The van der Waals surface area contributed by atoms with Crippen molar-refractivity contribution >= 4 is 17.6 Å². The molecule has 32 heavy (non-hydrogen) atoms. The van der Waals surface area contributed by atoms with Crippen LogP contribution in [-0.2, 0) is 22.5 Å². The molecule has 0 fully saturated rings. The molecule has 170 valence electrons. The fourth-order valence-electron chi connectivity index (χ4n) is 3.56. The summed E-state index contributed by atoms with van der Waals surface area (Å²) in [6, 6.07) is 8.91. The first-order valence-electron chi connectivity index (χ1n) is 10.9. The third-order valence-electron chi connectivity index (χ3n) is 5.16. The zero-order valence-corrected chi connectivity index (χ0v) is 19.4. The molecule has 0 spiro atoms. The van der Waals surface area contributed by atoms with Gasteiger partial charge in [0.25, 0.3) is 0 Å². The van der Waals surface area contributed by atoms with E-state index in [0.717, 1.165) is 29.2 Å². The van der Waals surface area contributed by atoms with Gasteiger partial charge in [-0.25, -0.2) is 9.48 Å². The molecule has 0 saturated heterocycles. The molecule has 1 N–H and O–H groups in total. The number of hydrogen-bond donors (Lipinski definition) is 1. The zero-order valence-electron chi connectivity index (χ0n) is 19.4. The van der Waals surface area contributed by atoms with Gasteiger partial charge < -0.3 is 10.1 Å². The second-order valence-corrected chi connectivity index (χ2v) is 8.19. The van der Waals surface area contributed by atoms with E-state index in [-0.39, 0.29) is 11.6 Å². The number of rotatable bonds is 9. The second kappa shape index (κ2) is 10.3. The molecule has 0 aliphatic rings. The molecule has 0 atom stereocenters. The lowest BCUT2D eigenvalue weighted by Crippen LogP contribution is -2.13. The Bertz CT molecular complexity index is 1080. The summed E-state index contributed by atoms with van der Waals surface area (Å²) < 4.78 is 8.59. The van der Waals surface area contributed by atoms with Gasteiger partial charge in [-0.05, 0) is 69.0 Å². The smallest absolute Gasteiger partial charge is 0.358 e. The molecule has 0 aliphatic heterocycles. The average molecular weight is 438 g/mol. The highest BCUT2D eigenvalue weighted by Gasteiger charge is 2.14. The van der Waals surface area contributed by atoms with Gasteiger partial charge in [0.15, 0.2) is 5.69 Å². The highest BCUT2D eigenvalue weighted by atomic mass is 16.5. The van der Waals surface area contributed by atoms with Crippen LogP contribution in [0.4, 0.5) is 5.69 Å². The number of esters is 1. The largest absolute Gasteiger partial charge is 0.461 e. The monoisotopic (exact) mass is 437 g/mol. The molecule has 0 saturated carbocycles. The summed E-state index contributed by atoms with van der Waals surface area (Å²) in [7, 11) is 0. The van der Waals surface area contributed by atoms with Crippen LogP contribution in [0.5, 0.6) is 0 Å². The van der Waals surface area contributed by atoms with Crippen LogP contribution in [0.25, 0.3) is 5.69 Å². The molecule has 0 bridgehead atoms. The van der Waals surface area contributed by atoms with Crippen molar-refractivity contribution in [2.24, 2.45) is 5.92 Å². The van der Waals surface area contributed by atoms with E-state index in [1.54, 1.807) is 23.9 Å². The number of benzene rings is 1. The average Bonchev–Trinajstić information content (AvgIpc) is 3.33.